The van der Waals surface area contributed by atoms with Gasteiger partial charge in [0.2, 0.25) is 0 Å². The summed E-state index contributed by atoms with van der Waals surface area (Å²) in [6.45, 7) is 0. The van der Waals surface area contributed by atoms with Gasteiger partial charge in [-0.3, -0.25) is 0 Å². The molecule has 0 aliphatic rings. The van der Waals surface area contributed by atoms with E-state index in [0.717, 1.165) is 13.2 Å². The smallest absolute Gasteiger partial charge is 0.465 e. The van der Waals surface area contributed by atoms with E-state index in [1.165, 1.54) is 12.1 Å². The van der Waals surface area contributed by atoms with Gasteiger partial charge in [-0.05, 0) is 11.6 Å². The highest BCUT2D eigenvalue weighted by molar-refractivity contribution is 7.88. The minimum Gasteiger partial charge on any atom is -0.465 e. The van der Waals surface area contributed by atoms with Crippen LogP contribution in [0.1, 0.15) is 10.4 Å². The molecule has 0 aliphatic carbocycles. The van der Waals surface area contributed by atoms with Crippen molar-refractivity contribution in [2.24, 2.45) is 0 Å². The largest absolute Gasteiger partial charge is 0.534 e. The van der Waals surface area contributed by atoms with Gasteiger partial charge in [0.1, 0.15) is 5.56 Å². The zero-order chi connectivity index (χ0) is 18.0. The molecule has 0 fully saturated rings. The SMILES string of the molecule is COC(=O)c1c(OS(=O)(=O)C(F)(F)F)cccc1-c1ccccc1. The van der Waals surface area contributed by atoms with Gasteiger partial charge in [-0.2, -0.15) is 21.6 Å². The van der Waals surface area contributed by atoms with E-state index in [1.54, 1.807) is 30.3 Å². The second kappa shape index (κ2) is 6.52. The van der Waals surface area contributed by atoms with E-state index < -0.39 is 32.9 Å². The van der Waals surface area contributed by atoms with E-state index in [9.17, 15) is 26.4 Å². The standard InChI is InChI=1S/C15H11F3O5S/c1-22-14(19)13-11(10-6-3-2-4-7-10)8-5-9-12(13)23-24(20,21)15(16,17)18/h2-9H,1H3. The molecule has 0 unspecified atom stereocenters. The lowest BCUT2D eigenvalue weighted by atomic mass is 9.99. The molecule has 0 heterocycles. The van der Waals surface area contributed by atoms with Gasteiger partial charge in [0.15, 0.2) is 5.75 Å². The highest BCUT2D eigenvalue weighted by Gasteiger charge is 2.49. The van der Waals surface area contributed by atoms with Crippen molar-refractivity contribution in [3.05, 3.63) is 54.1 Å². The zero-order valence-corrected chi connectivity index (χ0v) is 13.0. The van der Waals surface area contributed by atoms with Crippen molar-refractivity contribution in [1.82, 2.24) is 0 Å². The number of esters is 1. The monoisotopic (exact) mass is 360 g/mol. The summed E-state index contributed by atoms with van der Waals surface area (Å²) in [5.74, 6) is -1.79. The molecule has 2 rings (SSSR count). The molecule has 0 bridgehead atoms. The summed E-state index contributed by atoms with van der Waals surface area (Å²) in [6, 6.07) is 11.9. The van der Waals surface area contributed by atoms with Crippen molar-refractivity contribution < 1.29 is 35.3 Å². The average molecular weight is 360 g/mol. The Kier molecular flexibility index (Phi) is 4.83. The molecule has 0 saturated heterocycles. The summed E-state index contributed by atoms with van der Waals surface area (Å²) in [5.41, 5.74) is -5.38. The maximum atomic E-state index is 12.5. The molecule has 2 aromatic carbocycles. The van der Waals surface area contributed by atoms with E-state index in [2.05, 4.69) is 8.92 Å². The molecule has 0 atom stereocenters. The first kappa shape index (κ1) is 17.8. The zero-order valence-electron chi connectivity index (χ0n) is 12.2. The number of ether oxygens (including phenoxy) is 1. The van der Waals surface area contributed by atoms with Crippen molar-refractivity contribution in [3.63, 3.8) is 0 Å². The number of hydrogen-bond acceptors (Lipinski definition) is 5. The van der Waals surface area contributed by atoms with Crippen LogP contribution in [0.4, 0.5) is 13.2 Å². The summed E-state index contributed by atoms with van der Waals surface area (Å²) in [5, 5.41) is 0. The molecule has 128 valence electrons. The maximum absolute atomic E-state index is 12.5. The van der Waals surface area contributed by atoms with Crippen molar-refractivity contribution in [3.8, 4) is 16.9 Å². The molecular weight excluding hydrogens is 349 g/mol. The Labute approximate surface area is 135 Å². The summed E-state index contributed by atoms with van der Waals surface area (Å²) >= 11 is 0. The van der Waals surface area contributed by atoms with Gasteiger partial charge in [-0.15, -0.1) is 0 Å². The first-order valence-electron chi connectivity index (χ1n) is 6.45. The lowest BCUT2D eigenvalue weighted by Gasteiger charge is -2.15. The van der Waals surface area contributed by atoms with Gasteiger partial charge in [-0.25, -0.2) is 4.79 Å². The van der Waals surface area contributed by atoms with Crippen LogP contribution in [0, 0.1) is 0 Å². The van der Waals surface area contributed by atoms with Gasteiger partial charge in [0.25, 0.3) is 0 Å². The molecule has 0 radical (unpaired) electrons. The normalized spacial score (nSPS) is 11.8. The highest BCUT2D eigenvalue weighted by Crippen LogP contribution is 2.34. The van der Waals surface area contributed by atoms with Crippen LogP contribution in [0.5, 0.6) is 5.75 Å². The number of benzene rings is 2. The fourth-order valence-corrected chi connectivity index (χ4v) is 2.41. The van der Waals surface area contributed by atoms with E-state index in [0.29, 0.717) is 5.56 Å². The van der Waals surface area contributed by atoms with E-state index >= 15 is 0 Å². The summed E-state index contributed by atoms with van der Waals surface area (Å²) in [4.78, 5) is 12.0. The highest BCUT2D eigenvalue weighted by atomic mass is 32.2. The number of alkyl halides is 3. The van der Waals surface area contributed by atoms with Gasteiger partial charge < -0.3 is 8.92 Å². The Balaban J connectivity index is 2.64. The molecular formula is C15H11F3O5S. The third kappa shape index (κ3) is 3.51. The molecule has 0 spiro atoms. The second-order valence-electron chi connectivity index (χ2n) is 4.52. The van der Waals surface area contributed by atoms with Crippen LogP contribution in [0.15, 0.2) is 48.5 Å². The third-order valence-electron chi connectivity index (χ3n) is 2.98. The Hall–Kier alpha value is -2.55. The van der Waals surface area contributed by atoms with E-state index in [1.807, 2.05) is 0 Å². The molecule has 0 saturated carbocycles. The van der Waals surface area contributed by atoms with Crippen LogP contribution < -0.4 is 4.18 Å². The van der Waals surface area contributed by atoms with E-state index in [4.69, 9.17) is 0 Å². The Morgan fingerprint density at radius 3 is 2.17 bits per heavy atom. The average Bonchev–Trinajstić information content (AvgIpc) is 2.53. The second-order valence-corrected chi connectivity index (χ2v) is 6.06. The third-order valence-corrected chi connectivity index (χ3v) is 3.95. The predicted molar refractivity (Wildman–Crippen MR) is 78.8 cm³/mol. The molecule has 5 nitrogen and oxygen atoms in total. The number of carbonyl (C=O) groups is 1. The van der Waals surface area contributed by atoms with Crippen molar-refractivity contribution in [1.29, 1.82) is 0 Å². The molecule has 9 heteroatoms. The summed E-state index contributed by atoms with van der Waals surface area (Å²) in [7, 11) is -4.90. The molecule has 0 amide bonds. The van der Waals surface area contributed by atoms with Crippen molar-refractivity contribution >= 4 is 16.1 Å². The number of rotatable bonds is 4. The van der Waals surface area contributed by atoms with Crippen LogP contribution in [0.3, 0.4) is 0 Å². The minimum atomic E-state index is -5.92. The van der Waals surface area contributed by atoms with Gasteiger partial charge in [0, 0.05) is 5.56 Å². The quantitative estimate of drug-likeness (QED) is 0.475. The predicted octanol–water partition coefficient (Wildman–Crippen LogP) is 3.37. The Morgan fingerprint density at radius 2 is 1.62 bits per heavy atom. The van der Waals surface area contributed by atoms with Crippen LogP contribution in [-0.4, -0.2) is 27.0 Å². The maximum Gasteiger partial charge on any atom is 0.534 e. The lowest BCUT2D eigenvalue weighted by Crippen LogP contribution is -2.28. The number of carbonyl (C=O) groups excluding carboxylic acids is 1. The van der Waals surface area contributed by atoms with Crippen molar-refractivity contribution in [2.45, 2.75) is 5.51 Å². The van der Waals surface area contributed by atoms with Crippen LogP contribution in [-0.2, 0) is 14.9 Å². The minimum absolute atomic E-state index is 0.178. The van der Waals surface area contributed by atoms with E-state index in [-0.39, 0.29) is 5.56 Å². The van der Waals surface area contributed by atoms with Gasteiger partial charge in [-0.1, -0.05) is 42.5 Å². The fourth-order valence-electron chi connectivity index (χ4n) is 1.94. The molecule has 2 aromatic rings. The van der Waals surface area contributed by atoms with Crippen molar-refractivity contribution in [2.75, 3.05) is 7.11 Å². The molecule has 0 aromatic heterocycles. The molecule has 24 heavy (non-hydrogen) atoms. The fraction of sp³-hybridized carbons (Fsp3) is 0.133. The first-order valence-corrected chi connectivity index (χ1v) is 7.85. The molecule has 0 N–H and O–H groups in total. The van der Waals surface area contributed by atoms with Crippen LogP contribution in [0.2, 0.25) is 0 Å². The number of hydrogen-bond donors (Lipinski definition) is 0. The summed E-state index contributed by atoms with van der Waals surface area (Å²) in [6.07, 6.45) is 0. The Bertz CT molecular complexity index is 845. The van der Waals surface area contributed by atoms with Crippen LogP contribution >= 0.6 is 0 Å². The number of methoxy groups -OCH3 is 1. The topological polar surface area (TPSA) is 69.7 Å². The van der Waals surface area contributed by atoms with Crippen LogP contribution in [0.25, 0.3) is 11.1 Å². The molecule has 0 aliphatic heterocycles. The number of halogens is 3. The summed E-state index contributed by atoms with van der Waals surface area (Å²) < 4.78 is 68.7. The first-order chi connectivity index (χ1) is 11.2. The van der Waals surface area contributed by atoms with Gasteiger partial charge in [0.05, 0.1) is 7.11 Å². The lowest BCUT2D eigenvalue weighted by molar-refractivity contribution is -0.0500. The Morgan fingerprint density at radius 1 is 1.00 bits per heavy atom. The van der Waals surface area contributed by atoms with Gasteiger partial charge >= 0.3 is 21.6 Å².